The number of aliphatic hydroxyl groups excluding tert-OH is 1. The fourth-order valence-electron chi connectivity index (χ4n) is 1.95. The Balaban J connectivity index is 2.16. The molecule has 5 nitrogen and oxygen atoms in total. The van der Waals surface area contributed by atoms with Crippen LogP contribution in [-0.2, 0) is 11.2 Å². The minimum atomic E-state index is 0.0827. The Morgan fingerprint density at radius 1 is 1.19 bits per heavy atom. The van der Waals surface area contributed by atoms with Gasteiger partial charge in [-0.2, -0.15) is 0 Å². The molecule has 120 valence electrons. The average molecular weight is 296 g/mol. The van der Waals surface area contributed by atoms with Gasteiger partial charge in [-0.15, -0.1) is 0 Å². The van der Waals surface area contributed by atoms with Crippen LogP contribution in [0, 0.1) is 0 Å². The minimum absolute atomic E-state index is 0.0827. The Morgan fingerprint density at radius 3 is 2.76 bits per heavy atom. The molecule has 21 heavy (non-hydrogen) atoms. The first-order valence-electron chi connectivity index (χ1n) is 7.68. The van der Waals surface area contributed by atoms with Crippen LogP contribution in [0.15, 0.2) is 18.2 Å². The van der Waals surface area contributed by atoms with E-state index < -0.39 is 0 Å². The monoisotopic (exact) mass is 296 g/mol. The van der Waals surface area contributed by atoms with Crippen LogP contribution in [0.2, 0.25) is 0 Å². The minimum Gasteiger partial charge on any atom is -0.491 e. The highest BCUT2D eigenvalue weighted by molar-refractivity contribution is 5.54. The number of nitrogen functional groups attached to an aromatic ring is 1. The Morgan fingerprint density at radius 2 is 2.05 bits per heavy atom. The fourth-order valence-corrected chi connectivity index (χ4v) is 1.95. The smallest absolute Gasteiger partial charge is 0.142 e. The number of rotatable bonds is 12. The second kappa shape index (κ2) is 11.4. The van der Waals surface area contributed by atoms with Gasteiger partial charge in [0.25, 0.3) is 0 Å². The summed E-state index contributed by atoms with van der Waals surface area (Å²) in [6.45, 7) is 5.66. The highest BCUT2D eigenvalue weighted by Gasteiger charge is 2.02. The topological polar surface area (TPSA) is 76.7 Å². The van der Waals surface area contributed by atoms with Crippen LogP contribution in [0.3, 0.4) is 0 Å². The standard InChI is InChI=1S/C16H28N2O3/c1-2-10-21-16-6-5-14(13-15(16)17)4-3-7-18-8-11-20-12-9-19/h5-6,13,18-19H,2-4,7-12,17H2,1H3. The fraction of sp³-hybridized carbons (Fsp3) is 0.625. The maximum absolute atomic E-state index is 8.56. The molecule has 4 N–H and O–H groups in total. The molecular weight excluding hydrogens is 268 g/mol. The summed E-state index contributed by atoms with van der Waals surface area (Å²) < 4.78 is 10.7. The molecule has 0 saturated heterocycles. The SMILES string of the molecule is CCCOc1ccc(CCCNCCOCCO)cc1N. The van der Waals surface area contributed by atoms with E-state index in [0.717, 1.165) is 38.1 Å². The van der Waals surface area contributed by atoms with Crippen LogP contribution in [-0.4, -0.2) is 44.6 Å². The van der Waals surface area contributed by atoms with Crippen molar-refractivity contribution in [3.63, 3.8) is 0 Å². The molecule has 0 atom stereocenters. The molecule has 0 aliphatic rings. The number of aryl methyl sites for hydroxylation is 1. The first kappa shape index (κ1) is 17.8. The maximum atomic E-state index is 8.56. The number of hydrogen-bond acceptors (Lipinski definition) is 5. The molecule has 0 radical (unpaired) electrons. The van der Waals surface area contributed by atoms with E-state index in [2.05, 4.69) is 18.3 Å². The Hall–Kier alpha value is -1.30. The average Bonchev–Trinajstić information content (AvgIpc) is 2.49. The van der Waals surface area contributed by atoms with Crippen LogP contribution in [0.4, 0.5) is 5.69 Å². The molecule has 0 aliphatic heterocycles. The van der Waals surface area contributed by atoms with Crippen LogP contribution in [0.5, 0.6) is 5.75 Å². The van der Waals surface area contributed by atoms with Gasteiger partial charge in [0.2, 0.25) is 0 Å². The lowest BCUT2D eigenvalue weighted by Crippen LogP contribution is -2.21. The highest BCUT2D eigenvalue weighted by atomic mass is 16.5. The molecule has 1 rings (SSSR count). The van der Waals surface area contributed by atoms with Gasteiger partial charge in [0.05, 0.1) is 32.1 Å². The number of hydrogen-bond donors (Lipinski definition) is 3. The van der Waals surface area contributed by atoms with Crippen molar-refractivity contribution < 1.29 is 14.6 Å². The van der Waals surface area contributed by atoms with Crippen molar-refractivity contribution in [3.05, 3.63) is 23.8 Å². The summed E-state index contributed by atoms with van der Waals surface area (Å²) in [4.78, 5) is 0. The van der Waals surface area contributed by atoms with Gasteiger partial charge in [-0.25, -0.2) is 0 Å². The molecule has 0 aliphatic carbocycles. The van der Waals surface area contributed by atoms with Crippen molar-refractivity contribution in [2.45, 2.75) is 26.2 Å². The van der Waals surface area contributed by atoms with Crippen LogP contribution in [0.25, 0.3) is 0 Å². The van der Waals surface area contributed by atoms with Gasteiger partial charge in [0.15, 0.2) is 0 Å². The van der Waals surface area contributed by atoms with E-state index in [1.807, 2.05) is 12.1 Å². The summed E-state index contributed by atoms with van der Waals surface area (Å²) in [6, 6.07) is 6.03. The molecule has 1 aromatic rings. The van der Waals surface area contributed by atoms with Crippen molar-refractivity contribution in [2.75, 3.05) is 45.3 Å². The van der Waals surface area contributed by atoms with Crippen molar-refractivity contribution in [2.24, 2.45) is 0 Å². The van der Waals surface area contributed by atoms with Crippen molar-refractivity contribution >= 4 is 5.69 Å². The normalized spacial score (nSPS) is 10.8. The lowest BCUT2D eigenvalue weighted by molar-refractivity contribution is 0.0940. The Labute approximate surface area is 127 Å². The summed E-state index contributed by atoms with van der Waals surface area (Å²) >= 11 is 0. The van der Waals surface area contributed by atoms with Crippen LogP contribution in [0.1, 0.15) is 25.3 Å². The van der Waals surface area contributed by atoms with E-state index in [1.54, 1.807) is 0 Å². The Bertz CT molecular complexity index is 386. The molecule has 0 bridgehead atoms. The number of aliphatic hydroxyl groups is 1. The highest BCUT2D eigenvalue weighted by Crippen LogP contribution is 2.23. The number of anilines is 1. The molecule has 0 aromatic heterocycles. The maximum Gasteiger partial charge on any atom is 0.142 e. The number of benzene rings is 1. The Kier molecular flexibility index (Phi) is 9.61. The van der Waals surface area contributed by atoms with Crippen molar-refractivity contribution in [3.8, 4) is 5.75 Å². The molecule has 0 amide bonds. The van der Waals surface area contributed by atoms with E-state index in [9.17, 15) is 0 Å². The molecule has 0 spiro atoms. The first-order chi connectivity index (χ1) is 10.3. The van der Waals surface area contributed by atoms with Gasteiger partial charge < -0.3 is 25.6 Å². The van der Waals surface area contributed by atoms with Gasteiger partial charge in [-0.3, -0.25) is 0 Å². The van der Waals surface area contributed by atoms with E-state index in [1.165, 1.54) is 5.56 Å². The summed E-state index contributed by atoms with van der Waals surface area (Å²) in [5, 5.41) is 11.9. The summed E-state index contributed by atoms with van der Waals surface area (Å²) in [6.07, 6.45) is 3.02. The second-order valence-corrected chi connectivity index (χ2v) is 4.91. The van der Waals surface area contributed by atoms with Crippen LogP contribution < -0.4 is 15.8 Å². The predicted molar refractivity (Wildman–Crippen MR) is 85.7 cm³/mol. The first-order valence-corrected chi connectivity index (χ1v) is 7.68. The molecule has 0 heterocycles. The molecule has 0 fully saturated rings. The third-order valence-electron chi connectivity index (χ3n) is 3.01. The van der Waals surface area contributed by atoms with Crippen molar-refractivity contribution in [1.82, 2.24) is 5.32 Å². The van der Waals surface area contributed by atoms with E-state index in [-0.39, 0.29) is 6.61 Å². The number of nitrogens with two attached hydrogens (primary N) is 1. The van der Waals surface area contributed by atoms with E-state index in [4.69, 9.17) is 20.3 Å². The quantitative estimate of drug-likeness (QED) is 0.403. The lowest BCUT2D eigenvalue weighted by Gasteiger charge is -2.10. The van der Waals surface area contributed by atoms with Gasteiger partial charge in [-0.1, -0.05) is 13.0 Å². The molecule has 0 saturated carbocycles. The zero-order valence-electron chi connectivity index (χ0n) is 12.9. The lowest BCUT2D eigenvalue weighted by atomic mass is 10.1. The van der Waals surface area contributed by atoms with Gasteiger partial charge in [-0.05, 0) is 43.5 Å². The summed E-state index contributed by atoms with van der Waals surface area (Å²) in [7, 11) is 0. The summed E-state index contributed by atoms with van der Waals surface area (Å²) in [5.74, 6) is 0.778. The largest absolute Gasteiger partial charge is 0.491 e. The second-order valence-electron chi connectivity index (χ2n) is 4.91. The molecule has 1 aromatic carbocycles. The zero-order chi connectivity index (χ0) is 15.3. The van der Waals surface area contributed by atoms with Crippen LogP contribution >= 0.6 is 0 Å². The zero-order valence-corrected chi connectivity index (χ0v) is 12.9. The van der Waals surface area contributed by atoms with Gasteiger partial charge >= 0.3 is 0 Å². The molecule has 0 unspecified atom stereocenters. The third kappa shape index (κ3) is 7.90. The van der Waals surface area contributed by atoms with E-state index in [0.29, 0.717) is 25.5 Å². The van der Waals surface area contributed by atoms with Crippen molar-refractivity contribution in [1.29, 1.82) is 0 Å². The number of ether oxygens (including phenoxy) is 2. The third-order valence-corrected chi connectivity index (χ3v) is 3.01. The van der Waals surface area contributed by atoms with E-state index >= 15 is 0 Å². The summed E-state index contributed by atoms with van der Waals surface area (Å²) in [5.41, 5.74) is 7.93. The molecule has 5 heteroatoms. The van der Waals surface area contributed by atoms with Gasteiger partial charge in [0, 0.05) is 6.54 Å². The number of nitrogens with one attached hydrogen (secondary N) is 1. The van der Waals surface area contributed by atoms with Gasteiger partial charge in [0.1, 0.15) is 5.75 Å². The molecular formula is C16H28N2O3. The predicted octanol–water partition coefficient (Wildman–Crippen LogP) is 1.59.